The van der Waals surface area contributed by atoms with E-state index in [2.05, 4.69) is 15.0 Å². The molecule has 60 valence electrons. The standard InChI is InChI=1S/C6H5N5O/c7-6-9-2-4-1-8-3-11(12)5(4)10-6/h1-3H,(H2,7,9,10). The van der Waals surface area contributed by atoms with Gasteiger partial charge in [-0.3, -0.25) is 0 Å². The molecule has 0 unspecified atom stereocenters. The van der Waals surface area contributed by atoms with Gasteiger partial charge in [0.15, 0.2) is 0 Å². The lowest BCUT2D eigenvalue weighted by atomic mass is 10.4. The summed E-state index contributed by atoms with van der Waals surface area (Å²) in [6.45, 7) is 0. The van der Waals surface area contributed by atoms with Gasteiger partial charge in [-0.25, -0.2) is 9.71 Å². The SMILES string of the molecule is Nc1ncc2cnc[n+]([O-])c2n1. The summed E-state index contributed by atoms with van der Waals surface area (Å²) in [6.07, 6.45) is 4.08. The van der Waals surface area contributed by atoms with E-state index in [9.17, 15) is 5.21 Å². The Labute approximate surface area is 67.3 Å². The summed E-state index contributed by atoms with van der Waals surface area (Å²) in [6, 6.07) is 0. The summed E-state index contributed by atoms with van der Waals surface area (Å²) in [5.41, 5.74) is 5.53. The molecule has 0 saturated heterocycles. The van der Waals surface area contributed by atoms with Gasteiger partial charge in [0.2, 0.25) is 6.33 Å². The zero-order chi connectivity index (χ0) is 8.55. The maximum atomic E-state index is 11.0. The van der Waals surface area contributed by atoms with Gasteiger partial charge < -0.3 is 10.9 Å². The monoisotopic (exact) mass is 163 g/mol. The number of hydrogen-bond acceptors (Lipinski definition) is 5. The molecule has 2 aromatic rings. The third-order valence-electron chi connectivity index (χ3n) is 1.41. The summed E-state index contributed by atoms with van der Waals surface area (Å²) >= 11 is 0. The summed E-state index contributed by atoms with van der Waals surface area (Å²) in [5.74, 6) is 0.0818. The number of rotatable bonds is 0. The average molecular weight is 163 g/mol. The fourth-order valence-corrected chi connectivity index (χ4v) is 0.892. The van der Waals surface area contributed by atoms with Gasteiger partial charge in [-0.1, -0.05) is 4.98 Å². The van der Waals surface area contributed by atoms with E-state index in [4.69, 9.17) is 5.73 Å². The largest absolute Gasteiger partial charge is 0.740 e. The van der Waals surface area contributed by atoms with Crippen molar-refractivity contribution >= 4 is 17.0 Å². The summed E-state index contributed by atoms with van der Waals surface area (Å²) in [7, 11) is 0. The molecule has 0 fully saturated rings. The number of aromatic nitrogens is 4. The Kier molecular flexibility index (Phi) is 1.26. The van der Waals surface area contributed by atoms with Crippen LogP contribution in [0.5, 0.6) is 0 Å². The molecule has 0 aromatic carbocycles. The van der Waals surface area contributed by atoms with Crippen molar-refractivity contribution in [2.24, 2.45) is 0 Å². The quantitative estimate of drug-likeness (QED) is 0.407. The normalized spacial score (nSPS) is 10.3. The molecule has 0 atom stereocenters. The third-order valence-corrected chi connectivity index (χ3v) is 1.41. The average Bonchev–Trinajstić information content (AvgIpc) is 2.07. The second kappa shape index (κ2) is 2.26. The van der Waals surface area contributed by atoms with Gasteiger partial charge >= 0.3 is 0 Å². The van der Waals surface area contributed by atoms with E-state index in [0.717, 1.165) is 6.33 Å². The van der Waals surface area contributed by atoms with Gasteiger partial charge in [0.05, 0.1) is 0 Å². The van der Waals surface area contributed by atoms with Crippen LogP contribution in [-0.2, 0) is 0 Å². The lowest BCUT2D eigenvalue weighted by molar-refractivity contribution is -0.582. The highest BCUT2D eigenvalue weighted by molar-refractivity contribution is 5.69. The van der Waals surface area contributed by atoms with E-state index in [0.29, 0.717) is 10.1 Å². The molecule has 2 heterocycles. The van der Waals surface area contributed by atoms with Crippen LogP contribution in [0.3, 0.4) is 0 Å². The van der Waals surface area contributed by atoms with E-state index in [-0.39, 0.29) is 11.6 Å². The fraction of sp³-hybridized carbons (Fsp3) is 0. The molecule has 6 heteroatoms. The maximum absolute atomic E-state index is 11.0. The lowest BCUT2D eigenvalue weighted by Crippen LogP contribution is -2.28. The third kappa shape index (κ3) is 0.895. The minimum Gasteiger partial charge on any atom is -0.740 e. The first kappa shape index (κ1) is 6.71. The van der Waals surface area contributed by atoms with E-state index in [1.54, 1.807) is 0 Å². The van der Waals surface area contributed by atoms with E-state index >= 15 is 0 Å². The lowest BCUT2D eigenvalue weighted by Gasteiger charge is -2.01. The molecule has 0 aliphatic heterocycles. The van der Waals surface area contributed by atoms with Crippen molar-refractivity contribution in [2.45, 2.75) is 0 Å². The van der Waals surface area contributed by atoms with Crippen molar-refractivity contribution < 1.29 is 4.73 Å². The molecule has 12 heavy (non-hydrogen) atoms. The van der Waals surface area contributed by atoms with Crippen LogP contribution in [0.2, 0.25) is 0 Å². The van der Waals surface area contributed by atoms with Crippen LogP contribution < -0.4 is 10.5 Å². The van der Waals surface area contributed by atoms with Gasteiger partial charge in [0, 0.05) is 6.20 Å². The zero-order valence-electron chi connectivity index (χ0n) is 6.01. The molecule has 6 nitrogen and oxygen atoms in total. The van der Waals surface area contributed by atoms with E-state index < -0.39 is 0 Å². The molecular formula is C6H5N5O. The van der Waals surface area contributed by atoms with E-state index in [1.165, 1.54) is 12.4 Å². The van der Waals surface area contributed by atoms with Crippen LogP contribution >= 0.6 is 0 Å². The molecule has 0 radical (unpaired) electrons. The van der Waals surface area contributed by atoms with E-state index in [1.807, 2.05) is 0 Å². The Hall–Kier alpha value is -1.98. The Morgan fingerprint density at radius 2 is 2.25 bits per heavy atom. The van der Waals surface area contributed by atoms with Crippen LogP contribution in [0.15, 0.2) is 18.7 Å². The fourth-order valence-electron chi connectivity index (χ4n) is 0.892. The minimum atomic E-state index is 0.0818. The predicted octanol–water partition coefficient (Wildman–Crippen LogP) is -0.760. The van der Waals surface area contributed by atoms with Gasteiger partial charge in [0.1, 0.15) is 11.6 Å². The summed E-state index contributed by atoms with van der Waals surface area (Å²) < 4.78 is 0.549. The molecule has 0 spiro atoms. The van der Waals surface area contributed by atoms with Gasteiger partial charge in [0.25, 0.3) is 11.6 Å². The number of nitrogens with two attached hydrogens (primary N) is 1. The molecule has 0 aliphatic rings. The molecule has 0 amide bonds. The van der Waals surface area contributed by atoms with Crippen LogP contribution in [0.25, 0.3) is 11.0 Å². The topological polar surface area (TPSA) is 91.6 Å². The first-order valence-corrected chi connectivity index (χ1v) is 3.23. The van der Waals surface area contributed by atoms with Crippen molar-refractivity contribution in [1.29, 1.82) is 0 Å². The Bertz CT molecular complexity index is 429. The van der Waals surface area contributed by atoms with Gasteiger partial charge in [-0.2, -0.15) is 0 Å². The van der Waals surface area contributed by atoms with Crippen molar-refractivity contribution in [1.82, 2.24) is 15.0 Å². The number of nitrogen functional groups attached to an aromatic ring is 1. The van der Waals surface area contributed by atoms with Crippen LogP contribution in [0, 0.1) is 5.21 Å². The van der Waals surface area contributed by atoms with Crippen LogP contribution in [0.1, 0.15) is 0 Å². The van der Waals surface area contributed by atoms with Crippen LogP contribution in [-0.4, -0.2) is 15.0 Å². The first-order chi connectivity index (χ1) is 5.77. The van der Waals surface area contributed by atoms with Crippen molar-refractivity contribution in [3.05, 3.63) is 23.9 Å². The molecule has 0 saturated carbocycles. The van der Waals surface area contributed by atoms with Crippen LogP contribution in [0.4, 0.5) is 5.95 Å². The van der Waals surface area contributed by atoms with Gasteiger partial charge in [-0.15, -0.1) is 4.98 Å². The second-order valence-corrected chi connectivity index (χ2v) is 2.23. The summed E-state index contributed by atoms with van der Waals surface area (Å²) in [5, 5.41) is 11.6. The molecule has 0 bridgehead atoms. The highest BCUT2D eigenvalue weighted by Crippen LogP contribution is 2.03. The van der Waals surface area contributed by atoms with Gasteiger partial charge in [-0.05, 0) is 0 Å². The molecule has 2 rings (SSSR count). The van der Waals surface area contributed by atoms with Crippen molar-refractivity contribution in [3.63, 3.8) is 0 Å². The number of hydrogen-bond donors (Lipinski definition) is 1. The highest BCUT2D eigenvalue weighted by atomic mass is 16.5. The number of anilines is 1. The molecule has 2 N–H and O–H groups in total. The minimum absolute atomic E-state index is 0.0818. The Balaban J connectivity index is 2.88. The van der Waals surface area contributed by atoms with Crippen molar-refractivity contribution in [3.8, 4) is 0 Å². The zero-order valence-corrected chi connectivity index (χ0v) is 6.01. The highest BCUT2D eigenvalue weighted by Gasteiger charge is 2.04. The first-order valence-electron chi connectivity index (χ1n) is 3.23. The smallest absolute Gasteiger partial charge is 0.297 e. The number of nitrogens with zero attached hydrogens (tertiary/aromatic N) is 4. The maximum Gasteiger partial charge on any atom is 0.297 e. The molecule has 0 aliphatic carbocycles. The molecule has 2 aromatic heterocycles. The number of fused-ring (bicyclic) bond motifs is 1. The van der Waals surface area contributed by atoms with Crippen molar-refractivity contribution in [2.75, 3.05) is 5.73 Å². The molecular weight excluding hydrogens is 158 g/mol. The Morgan fingerprint density at radius 3 is 3.08 bits per heavy atom. The summed E-state index contributed by atoms with van der Waals surface area (Å²) in [4.78, 5) is 11.1. The second-order valence-electron chi connectivity index (χ2n) is 2.23. The Morgan fingerprint density at radius 1 is 1.42 bits per heavy atom. The predicted molar refractivity (Wildman–Crippen MR) is 40.7 cm³/mol.